The highest BCUT2D eigenvalue weighted by Crippen LogP contribution is 2.35. The number of aromatic nitrogens is 2. The quantitative estimate of drug-likeness (QED) is 0.579. The van der Waals surface area contributed by atoms with Gasteiger partial charge in [0.1, 0.15) is 11.4 Å². The number of ether oxygens (including phenoxy) is 2. The van der Waals surface area contributed by atoms with Crippen molar-refractivity contribution in [2.45, 2.75) is 20.1 Å². The summed E-state index contributed by atoms with van der Waals surface area (Å²) in [6.07, 6.45) is 0. The molecule has 164 valence electrons. The van der Waals surface area contributed by atoms with Crippen molar-refractivity contribution in [3.05, 3.63) is 46.1 Å². The first-order valence-corrected chi connectivity index (χ1v) is 12.1. The van der Waals surface area contributed by atoms with Gasteiger partial charge in [0.25, 0.3) is 5.91 Å². The van der Waals surface area contributed by atoms with E-state index in [2.05, 4.69) is 44.5 Å². The highest BCUT2D eigenvalue weighted by atomic mass is 32.2. The van der Waals surface area contributed by atoms with E-state index < -0.39 is 0 Å². The Kier molecular flexibility index (Phi) is 6.94. The lowest BCUT2D eigenvalue weighted by Gasteiger charge is -2.28. The molecule has 0 bridgehead atoms. The highest BCUT2D eigenvalue weighted by molar-refractivity contribution is 7.99. The summed E-state index contributed by atoms with van der Waals surface area (Å²) < 4.78 is 10.6. The molecular formula is C22H26N4O3S2. The van der Waals surface area contributed by atoms with Crippen molar-refractivity contribution >= 4 is 44.9 Å². The van der Waals surface area contributed by atoms with Crippen LogP contribution in [0.4, 0.5) is 5.69 Å². The molecule has 1 fully saturated rings. The second kappa shape index (κ2) is 9.84. The fraction of sp³-hybridized carbons (Fsp3) is 0.409. The molecule has 0 saturated carbocycles. The largest absolute Gasteiger partial charge is 0.480 e. The van der Waals surface area contributed by atoms with Crippen LogP contribution in [0.25, 0.3) is 10.2 Å². The van der Waals surface area contributed by atoms with E-state index in [-0.39, 0.29) is 12.5 Å². The van der Waals surface area contributed by atoms with E-state index in [0.717, 1.165) is 34.4 Å². The Balaban J connectivity index is 1.47. The van der Waals surface area contributed by atoms with Crippen molar-refractivity contribution < 1.29 is 14.3 Å². The Labute approximate surface area is 190 Å². The number of carbonyl (C=O) groups is 1. The molecule has 0 radical (unpaired) electrons. The SMILES string of the molecule is COCc1nc(OC)c2c(C)c(C(=O)NCc3ccc(N4CCSCC4)cc3)sc2n1. The van der Waals surface area contributed by atoms with Crippen LogP contribution in [-0.2, 0) is 17.9 Å². The van der Waals surface area contributed by atoms with E-state index in [0.29, 0.717) is 23.1 Å². The smallest absolute Gasteiger partial charge is 0.261 e. The molecule has 7 nitrogen and oxygen atoms in total. The minimum atomic E-state index is -0.118. The van der Waals surface area contributed by atoms with Crippen molar-refractivity contribution in [3.8, 4) is 5.88 Å². The molecule has 1 N–H and O–H groups in total. The predicted octanol–water partition coefficient (Wildman–Crippen LogP) is 3.64. The van der Waals surface area contributed by atoms with Gasteiger partial charge in [-0.1, -0.05) is 12.1 Å². The number of fused-ring (bicyclic) bond motifs is 1. The van der Waals surface area contributed by atoms with Gasteiger partial charge in [0.05, 0.1) is 17.4 Å². The number of anilines is 1. The van der Waals surface area contributed by atoms with E-state index in [4.69, 9.17) is 9.47 Å². The second-order valence-corrected chi connectivity index (χ2v) is 9.49. The zero-order valence-corrected chi connectivity index (χ0v) is 19.6. The van der Waals surface area contributed by atoms with E-state index in [1.165, 1.54) is 28.5 Å². The van der Waals surface area contributed by atoms with Gasteiger partial charge < -0.3 is 19.7 Å². The summed E-state index contributed by atoms with van der Waals surface area (Å²) in [5, 5.41) is 3.81. The lowest BCUT2D eigenvalue weighted by atomic mass is 10.1. The lowest BCUT2D eigenvalue weighted by Crippen LogP contribution is -2.32. The van der Waals surface area contributed by atoms with E-state index >= 15 is 0 Å². The van der Waals surface area contributed by atoms with Crippen LogP contribution < -0.4 is 15.0 Å². The highest BCUT2D eigenvalue weighted by Gasteiger charge is 2.21. The van der Waals surface area contributed by atoms with Gasteiger partial charge >= 0.3 is 0 Å². The monoisotopic (exact) mass is 458 g/mol. The molecule has 1 amide bonds. The van der Waals surface area contributed by atoms with Crippen molar-refractivity contribution in [1.82, 2.24) is 15.3 Å². The van der Waals surface area contributed by atoms with Gasteiger partial charge in [-0.15, -0.1) is 11.3 Å². The molecule has 1 saturated heterocycles. The molecule has 2 aromatic heterocycles. The van der Waals surface area contributed by atoms with E-state index in [1.807, 2.05) is 18.7 Å². The van der Waals surface area contributed by atoms with E-state index in [9.17, 15) is 4.79 Å². The van der Waals surface area contributed by atoms with Crippen LogP contribution in [0.2, 0.25) is 0 Å². The molecule has 4 rings (SSSR count). The normalized spacial score (nSPS) is 14.1. The van der Waals surface area contributed by atoms with Crippen molar-refractivity contribution in [1.29, 1.82) is 0 Å². The van der Waals surface area contributed by atoms with Gasteiger partial charge in [-0.2, -0.15) is 16.7 Å². The van der Waals surface area contributed by atoms with Crippen molar-refractivity contribution in [2.75, 3.05) is 43.7 Å². The van der Waals surface area contributed by atoms with Crippen molar-refractivity contribution in [3.63, 3.8) is 0 Å². The molecule has 1 aromatic carbocycles. The number of amides is 1. The summed E-state index contributed by atoms with van der Waals surface area (Å²) in [5.41, 5.74) is 3.15. The fourth-order valence-electron chi connectivity index (χ4n) is 3.61. The van der Waals surface area contributed by atoms with Crippen molar-refractivity contribution in [2.24, 2.45) is 0 Å². The molecule has 31 heavy (non-hydrogen) atoms. The second-order valence-electron chi connectivity index (χ2n) is 7.27. The van der Waals surface area contributed by atoms with Crippen LogP contribution in [0.5, 0.6) is 5.88 Å². The number of nitrogens with one attached hydrogen (secondary N) is 1. The first-order valence-electron chi connectivity index (χ1n) is 10.1. The number of thioether (sulfide) groups is 1. The average molecular weight is 459 g/mol. The van der Waals surface area contributed by atoms with Gasteiger partial charge in [-0.05, 0) is 30.2 Å². The van der Waals surface area contributed by atoms with Gasteiger partial charge in [0, 0.05) is 43.9 Å². The third-order valence-electron chi connectivity index (χ3n) is 5.24. The number of aryl methyl sites for hydroxylation is 1. The van der Waals surface area contributed by atoms with Gasteiger partial charge in [-0.25, -0.2) is 4.98 Å². The first-order chi connectivity index (χ1) is 15.1. The minimum absolute atomic E-state index is 0.118. The van der Waals surface area contributed by atoms with Crippen LogP contribution >= 0.6 is 23.1 Å². The number of benzene rings is 1. The molecule has 1 aliphatic heterocycles. The summed E-state index contributed by atoms with van der Waals surface area (Å²) in [6.45, 7) is 4.84. The maximum Gasteiger partial charge on any atom is 0.261 e. The third-order valence-corrected chi connectivity index (χ3v) is 7.37. The number of thiophene rings is 1. The van der Waals surface area contributed by atoms with Crippen LogP contribution in [0.3, 0.4) is 0 Å². The zero-order valence-electron chi connectivity index (χ0n) is 17.9. The fourth-order valence-corrected chi connectivity index (χ4v) is 5.62. The molecule has 3 aromatic rings. The maximum absolute atomic E-state index is 12.9. The summed E-state index contributed by atoms with van der Waals surface area (Å²) in [6, 6.07) is 8.45. The van der Waals surface area contributed by atoms with Crippen LogP contribution in [0.1, 0.15) is 26.6 Å². The number of hydrogen-bond donors (Lipinski definition) is 1. The first kappa shape index (κ1) is 21.9. The standard InChI is InChI=1S/C22H26N4O3S2/c1-14-18-21(29-3)24-17(13-28-2)25-22(18)31-19(14)20(27)23-12-15-4-6-16(7-5-15)26-8-10-30-11-9-26/h4-7H,8-13H2,1-3H3,(H,23,27). The van der Waals surface area contributed by atoms with Crippen LogP contribution in [0.15, 0.2) is 24.3 Å². The summed E-state index contributed by atoms with van der Waals surface area (Å²) in [7, 11) is 3.16. The molecule has 0 spiro atoms. The third kappa shape index (κ3) is 4.78. The Morgan fingerprint density at radius 3 is 2.58 bits per heavy atom. The predicted molar refractivity (Wildman–Crippen MR) is 127 cm³/mol. The average Bonchev–Trinajstić information content (AvgIpc) is 3.14. The Bertz CT molecular complexity index is 1060. The number of carbonyl (C=O) groups excluding carboxylic acids is 1. The molecule has 0 aliphatic carbocycles. The number of hydrogen-bond acceptors (Lipinski definition) is 8. The van der Waals surface area contributed by atoms with Gasteiger partial charge in [0.2, 0.25) is 5.88 Å². The Hall–Kier alpha value is -2.36. The van der Waals surface area contributed by atoms with Crippen LogP contribution in [-0.4, -0.2) is 54.7 Å². The molecule has 0 atom stereocenters. The lowest BCUT2D eigenvalue weighted by molar-refractivity contribution is 0.0954. The summed E-state index contributed by atoms with van der Waals surface area (Å²) in [4.78, 5) is 25.6. The zero-order chi connectivity index (χ0) is 21.8. The Morgan fingerprint density at radius 1 is 1.16 bits per heavy atom. The molecule has 0 unspecified atom stereocenters. The Morgan fingerprint density at radius 2 is 1.90 bits per heavy atom. The summed E-state index contributed by atoms with van der Waals surface area (Å²) >= 11 is 3.35. The summed E-state index contributed by atoms with van der Waals surface area (Å²) in [5.74, 6) is 3.24. The van der Waals surface area contributed by atoms with Crippen LogP contribution in [0, 0.1) is 6.92 Å². The maximum atomic E-state index is 12.9. The number of nitrogens with zero attached hydrogens (tertiary/aromatic N) is 3. The molecule has 1 aliphatic rings. The van der Waals surface area contributed by atoms with Gasteiger partial charge in [-0.3, -0.25) is 4.79 Å². The number of methoxy groups -OCH3 is 2. The topological polar surface area (TPSA) is 76.6 Å². The molecular weight excluding hydrogens is 432 g/mol. The number of rotatable bonds is 7. The minimum Gasteiger partial charge on any atom is -0.480 e. The molecule has 3 heterocycles. The van der Waals surface area contributed by atoms with Gasteiger partial charge in [0.15, 0.2) is 5.82 Å². The molecule has 9 heteroatoms. The van der Waals surface area contributed by atoms with E-state index in [1.54, 1.807) is 14.2 Å².